The largest absolute Gasteiger partial charge is 0.496 e. The molecule has 1 aliphatic rings. The lowest BCUT2D eigenvalue weighted by molar-refractivity contribution is 0.0693. The van der Waals surface area contributed by atoms with Crippen molar-refractivity contribution in [1.29, 1.82) is 0 Å². The monoisotopic (exact) mass is 427 g/mol. The number of imidazole rings is 1. The minimum atomic E-state index is -0.957. The van der Waals surface area contributed by atoms with Crippen LogP contribution in [0, 0.1) is 0 Å². The zero-order chi connectivity index (χ0) is 22.2. The molecule has 1 aliphatic heterocycles. The molecular weight excluding hydrogens is 402 g/mol. The molecule has 1 unspecified atom stereocenters. The zero-order valence-corrected chi connectivity index (χ0v) is 18.2. The number of fused-ring (bicyclic) bond motifs is 2. The van der Waals surface area contributed by atoms with Crippen LogP contribution in [-0.4, -0.2) is 38.7 Å². The van der Waals surface area contributed by atoms with Gasteiger partial charge in [-0.05, 0) is 60.4 Å². The molecule has 1 atom stereocenters. The molecule has 0 bridgehead atoms. The zero-order valence-electron chi connectivity index (χ0n) is 18.2. The number of hydrogen-bond acceptors (Lipinski definition) is 4. The van der Waals surface area contributed by atoms with Gasteiger partial charge in [-0.3, -0.25) is 9.47 Å². The summed E-state index contributed by atoms with van der Waals surface area (Å²) in [4.78, 5) is 18.6. The number of ether oxygens (including phenoxy) is 1. The number of carboxylic acids is 1. The van der Waals surface area contributed by atoms with Gasteiger partial charge in [0.1, 0.15) is 17.6 Å². The second kappa shape index (κ2) is 8.13. The van der Waals surface area contributed by atoms with Crippen molar-refractivity contribution in [2.24, 2.45) is 0 Å². The van der Waals surface area contributed by atoms with Gasteiger partial charge in [0.05, 0.1) is 23.8 Å². The summed E-state index contributed by atoms with van der Waals surface area (Å²) in [6, 6.07) is 20.5. The van der Waals surface area contributed by atoms with Crippen LogP contribution in [0.1, 0.15) is 34.0 Å². The Balaban J connectivity index is 1.48. The minimum absolute atomic E-state index is 0.226. The fourth-order valence-electron chi connectivity index (χ4n) is 4.62. The number of aromatic carboxylic acids is 1. The molecule has 5 rings (SSSR count). The van der Waals surface area contributed by atoms with Gasteiger partial charge in [0, 0.05) is 19.1 Å². The van der Waals surface area contributed by atoms with E-state index in [4.69, 9.17) is 4.74 Å². The summed E-state index contributed by atoms with van der Waals surface area (Å²) >= 11 is 0. The van der Waals surface area contributed by atoms with E-state index in [9.17, 15) is 9.90 Å². The first-order valence-corrected chi connectivity index (χ1v) is 10.7. The molecule has 162 valence electrons. The van der Waals surface area contributed by atoms with Crippen molar-refractivity contribution >= 4 is 17.0 Å². The van der Waals surface area contributed by atoms with Gasteiger partial charge in [-0.25, -0.2) is 9.78 Å². The predicted octanol–water partition coefficient (Wildman–Crippen LogP) is 4.68. The summed E-state index contributed by atoms with van der Waals surface area (Å²) in [5, 5.41) is 9.51. The van der Waals surface area contributed by atoms with E-state index in [1.165, 1.54) is 12.7 Å². The van der Waals surface area contributed by atoms with Gasteiger partial charge in [-0.1, -0.05) is 30.3 Å². The number of hydrogen-bond donors (Lipinski definition) is 1. The van der Waals surface area contributed by atoms with Gasteiger partial charge >= 0.3 is 5.97 Å². The molecule has 0 aliphatic carbocycles. The van der Waals surface area contributed by atoms with Crippen molar-refractivity contribution in [3.8, 4) is 11.4 Å². The molecule has 0 saturated carbocycles. The highest BCUT2D eigenvalue weighted by molar-refractivity contribution is 5.91. The topological polar surface area (TPSA) is 67.6 Å². The Hall–Kier alpha value is -3.64. The van der Waals surface area contributed by atoms with Gasteiger partial charge in [0.25, 0.3) is 0 Å². The summed E-state index contributed by atoms with van der Waals surface area (Å²) in [6.45, 7) is 3.72. The van der Waals surface area contributed by atoms with Crippen LogP contribution in [0.4, 0.5) is 0 Å². The Morgan fingerprint density at radius 2 is 1.91 bits per heavy atom. The van der Waals surface area contributed by atoms with Crippen LogP contribution in [0.5, 0.6) is 5.75 Å². The highest BCUT2D eigenvalue weighted by atomic mass is 16.5. The quantitative estimate of drug-likeness (QED) is 0.501. The van der Waals surface area contributed by atoms with Gasteiger partial charge in [0.2, 0.25) is 0 Å². The van der Waals surface area contributed by atoms with E-state index in [2.05, 4.69) is 51.7 Å². The smallest absolute Gasteiger partial charge is 0.339 e. The first-order valence-electron chi connectivity index (χ1n) is 10.7. The van der Waals surface area contributed by atoms with Crippen molar-refractivity contribution in [1.82, 2.24) is 14.5 Å². The SMILES string of the molecule is COc1cc2c(cc1C(=O)O)CC(C)N(Cc1ccccc1-n1cnc3ccccc31)C2. The molecule has 32 heavy (non-hydrogen) atoms. The van der Waals surface area contributed by atoms with Crippen molar-refractivity contribution in [3.63, 3.8) is 0 Å². The summed E-state index contributed by atoms with van der Waals surface area (Å²) in [7, 11) is 1.52. The molecule has 3 aromatic carbocycles. The van der Waals surface area contributed by atoms with E-state index >= 15 is 0 Å². The predicted molar refractivity (Wildman–Crippen MR) is 123 cm³/mol. The summed E-state index contributed by atoms with van der Waals surface area (Å²) in [5.41, 5.74) is 6.84. The molecule has 2 heterocycles. The molecule has 0 amide bonds. The van der Waals surface area contributed by atoms with Crippen LogP contribution in [0.3, 0.4) is 0 Å². The number of rotatable bonds is 5. The highest BCUT2D eigenvalue weighted by Crippen LogP contribution is 2.32. The number of benzene rings is 3. The normalized spacial score (nSPS) is 16.1. The number of carbonyl (C=O) groups is 1. The average molecular weight is 428 g/mol. The van der Waals surface area contributed by atoms with E-state index < -0.39 is 5.97 Å². The van der Waals surface area contributed by atoms with Crippen LogP contribution in [0.2, 0.25) is 0 Å². The van der Waals surface area contributed by atoms with E-state index in [1.807, 2.05) is 30.6 Å². The van der Waals surface area contributed by atoms with E-state index in [0.29, 0.717) is 5.75 Å². The lowest BCUT2D eigenvalue weighted by Gasteiger charge is -2.35. The number of methoxy groups -OCH3 is 1. The summed E-state index contributed by atoms with van der Waals surface area (Å²) in [5.74, 6) is -0.544. The number of nitrogens with zero attached hydrogens (tertiary/aromatic N) is 3. The Morgan fingerprint density at radius 3 is 2.72 bits per heavy atom. The van der Waals surface area contributed by atoms with Crippen LogP contribution in [0.15, 0.2) is 67.0 Å². The molecule has 6 nitrogen and oxygen atoms in total. The fourth-order valence-corrected chi connectivity index (χ4v) is 4.62. The molecule has 1 N–H and O–H groups in total. The van der Waals surface area contributed by atoms with E-state index in [0.717, 1.165) is 47.4 Å². The molecule has 0 saturated heterocycles. The molecule has 6 heteroatoms. The third kappa shape index (κ3) is 3.52. The van der Waals surface area contributed by atoms with Crippen molar-refractivity contribution in [3.05, 3.63) is 89.2 Å². The maximum absolute atomic E-state index is 11.6. The van der Waals surface area contributed by atoms with Gasteiger partial charge in [0.15, 0.2) is 0 Å². The number of carboxylic acid groups (broad SMARTS) is 1. The molecule has 0 fully saturated rings. The molecule has 0 spiro atoms. The van der Waals surface area contributed by atoms with Crippen LogP contribution >= 0.6 is 0 Å². The standard InChI is InChI=1S/C26H25N3O3/c1-17-11-19-12-21(26(30)31)25(32-2)13-20(19)15-28(17)14-18-7-3-5-9-23(18)29-16-27-22-8-4-6-10-24(22)29/h3-10,12-13,16-17H,11,14-15H2,1-2H3,(H,30,31). The van der Waals surface area contributed by atoms with Crippen LogP contribution in [-0.2, 0) is 19.5 Å². The summed E-state index contributed by atoms with van der Waals surface area (Å²) in [6.07, 6.45) is 2.69. The fraction of sp³-hybridized carbons (Fsp3) is 0.231. The Morgan fingerprint density at radius 1 is 1.12 bits per heavy atom. The first kappa shape index (κ1) is 20.3. The second-order valence-electron chi connectivity index (χ2n) is 8.32. The lowest BCUT2D eigenvalue weighted by atomic mass is 9.92. The van der Waals surface area contributed by atoms with Crippen molar-refractivity contribution < 1.29 is 14.6 Å². The van der Waals surface area contributed by atoms with Gasteiger partial charge in [-0.15, -0.1) is 0 Å². The van der Waals surface area contributed by atoms with Gasteiger partial charge in [-0.2, -0.15) is 0 Å². The maximum Gasteiger partial charge on any atom is 0.339 e. The average Bonchev–Trinajstić information content (AvgIpc) is 3.23. The van der Waals surface area contributed by atoms with E-state index in [-0.39, 0.29) is 11.6 Å². The first-order chi connectivity index (χ1) is 15.5. The van der Waals surface area contributed by atoms with Crippen molar-refractivity contribution in [2.75, 3.05) is 7.11 Å². The minimum Gasteiger partial charge on any atom is -0.496 e. The highest BCUT2D eigenvalue weighted by Gasteiger charge is 2.26. The molecule has 4 aromatic rings. The molecular formula is C26H25N3O3. The third-order valence-electron chi connectivity index (χ3n) is 6.34. The van der Waals surface area contributed by atoms with Crippen molar-refractivity contribution in [2.45, 2.75) is 32.5 Å². The van der Waals surface area contributed by atoms with Crippen LogP contribution < -0.4 is 4.74 Å². The van der Waals surface area contributed by atoms with Gasteiger partial charge < -0.3 is 9.84 Å². The Kier molecular flexibility index (Phi) is 5.15. The number of aromatic nitrogens is 2. The van der Waals surface area contributed by atoms with E-state index in [1.54, 1.807) is 6.07 Å². The summed E-state index contributed by atoms with van der Waals surface area (Å²) < 4.78 is 7.50. The lowest BCUT2D eigenvalue weighted by Crippen LogP contribution is -2.38. The number of para-hydroxylation sites is 3. The molecule has 0 radical (unpaired) electrons. The maximum atomic E-state index is 11.6. The third-order valence-corrected chi connectivity index (χ3v) is 6.34. The van der Waals surface area contributed by atoms with Crippen LogP contribution in [0.25, 0.3) is 16.7 Å². The molecule has 1 aromatic heterocycles. The Labute approximate surface area is 186 Å². The Bertz CT molecular complexity index is 1310. The second-order valence-corrected chi connectivity index (χ2v) is 8.32.